The van der Waals surface area contributed by atoms with E-state index in [4.69, 9.17) is 14.2 Å². The fourth-order valence-electron chi connectivity index (χ4n) is 4.39. The summed E-state index contributed by atoms with van der Waals surface area (Å²) >= 11 is 0. The summed E-state index contributed by atoms with van der Waals surface area (Å²) in [6.45, 7) is 2.24. The second-order valence-electron chi connectivity index (χ2n) is 6.15. The van der Waals surface area contributed by atoms with Crippen LogP contribution in [0, 0.1) is 11.8 Å². The molecular formula is C14H24O4. The summed E-state index contributed by atoms with van der Waals surface area (Å²) in [6.07, 6.45) is 6.15. The maximum atomic E-state index is 9.32. The molecule has 0 amide bonds. The van der Waals surface area contributed by atoms with Crippen LogP contribution in [-0.4, -0.2) is 36.5 Å². The van der Waals surface area contributed by atoms with Crippen LogP contribution < -0.4 is 0 Å². The molecule has 3 fully saturated rings. The number of fused-ring (bicyclic) bond motifs is 1. The summed E-state index contributed by atoms with van der Waals surface area (Å²) in [4.78, 5) is 0. The summed E-state index contributed by atoms with van der Waals surface area (Å²) in [5.41, 5.74) is -0.317. The number of hydrogen-bond donors (Lipinski definition) is 1. The van der Waals surface area contributed by atoms with Crippen LogP contribution >= 0.6 is 0 Å². The Balaban J connectivity index is 1.96. The fraction of sp³-hybridized carbons (Fsp3) is 1.00. The van der Waals surface area contributed by atoms with Crippen molar-refractivity contribution in [1.82, 2.24) is 0 Å². The summed E-state index contributed by atoms with van der Waals surface area (Å²) in [5, 5.41) is 9.32. The maximum absolute atomic E-state index is 9.32. The second-order valence-corrected chi connectivity index (χ2v) is 6.15. The van der Waals surface area contributed by atoms with Crippen LogP contribution in [-0.2, 0) is 14.2 Å². The summed E-state index contributed by atoms with van der Waals surface area (Å²) in [6, 6.07) is 0. The molecule has 2 aliphatic heterocycles. The average molecular weight is 256 g/mol. The molecule has 3 rings (SSSR count). The van der Waals surface area contributed by atoms with Crippen molar-refractivity contribution in [3.63, 3.8) is 0 Å². The third kappa shape index (κ3) is 1.66. The molecular weight excluding hydrogens is 232 g/mol. The monoisotopic (exact) mass is 256 g/mol. The van der Waals surface area contributed by atoms with Crippen LogP contribution in [0.25, 0.3) is 0 Å². The molecule has 18 heavy (non-hydrogen) atoms. The average Bonchev–Trinajstić information content (AvgIpc) is 2.59. The highest BCUT2D eigenvalue weighted by molar-refractivity contribution is 5.07. The van der Waals surface area contributed by atoms with Crippen molar-refractivity contribution in [1.29, 1.82) is 0 Å². The first-order valence-electron chi connectivity index (χ1n) is 7.16. The molecule has 4 heteroatoms. The molecule has 4 nitrogen and oxygen atoms in total. The van der Waals surface area contributed by atoms with Crippen molar-refractivity contribution in [2.75, 3.05) is 13.7 Å². The first kappa shape index (κ1) is 12.9. The minimum Gasteiger partial charge on any atom is -0.396 e. The maximum Gasteiger partial charge on any atom is 0.190 e. The van der Waals surface area contributed by atoms with E-state index in [1.165, 1.54) is 12.8 Å². The molecule has 0 aromatic rings. The SMILES string of the molecule is CO[C@H]1O[C@@]2(C)CC[C@H]3CCC[C@@H](CCO)[C@]31O2. The Bertz CT molecular complexity index is 319. The van der Waals surface area contributed by atoms with E-state index in [-0.39, 0.29) is 18.5 Å². The van der Waals surface area contributed by atoms with Gasteiger partial charge in [-0.3, -0.25) is 0 Å². The Morgan fingerprint density at radius 2 is 2.17 bits per heavy atom. The Labute approximate surface area is 109 Å². The van der Waals surface area contributed by atoms with E-state index in [9.17, 15) is 5.11 Å². The van der Waals surface area contributed by atoms with Gasteiger partial charge >= 0.3 is 0 Å². The van der Waals surface area contributed by atoms with Gasteiger partial charge in [0.1, 0.15) is 5.60 Å². The standard InChI is InChI=1S/C14H24O4/c1-13-8-6-10-4-3-5-11(7-9-15)14(10,18-13)12(16-2)17-13/h10-12,15H,3-9H2,1-2H3/t10-,11+,12+,13-,14-/m1/s1. The van der Waals surface area contributed by atoms with Gasteiger partial charge in [-0.25, -0.2) is 0 Å². The van der Waals surface area contributed by atoms with E-state index < -0.39 is 5.79 Å². The van der Waals surface area contributed by atoms with Gasteiger partial charge in [0, 0.05) is 20.1 Å². The Morgan fingerprint density at radius 1 is 1.33 bits per heavy atom. The molecule has 1 aliphatic carbocycles. The van der Waals surface area contributed by atoms with E-state index in [0.717, 1.165) is 25.7 Å². The molecule has 2 heterocycles. The van der Waals surface area contributed by atoms with Gasteiger partial charge in [0.25, 0.3) is 0 Å². The van der Waals surface area contributed by atoms with Crippen molar-refractivity contribution < 1.29 is 19.3 Å². The Hall–Kier alpha value is -0.160. The molecule has 104 valence electrons. The summed E-state index contributed by atoms with van der Waals surface area (Å²) in [5.74, 6) is 0.388. The van der Waals surface area contributed by atoms with Gasteiger partial charge in [0.15, 0.2) is 12.1 Å². The molecule has 3 aliphatic rings. The van der Waals surface area contributed by atoms with Gasteiger partial charge in [0.05, 0.1) is 0 Å². The quantitative estimate of drug-likeness (QED) is 0.839. The second kappa shape index (κ2) is 4.44. The molecule has 1 saturated carbocycles. The molecule has 0 aromatic heterocycles. The molecule has 0 aromatic carbocycles. The van der Waals surface area contributed by atoms with Crippen LogP contribution in [0.4, 0.5) is 0 Å². The lowest BCUT2D eigenvalue weighted by molar-refractivity contribution is -0.239. The minimum atomic E-state index is -0.484. The van der Waals surface area contributed by atoms with Crippen molar-refractivity contribution in [2.24, 2.45) is 11.8 Å². The minimum absolute atomic E-state index is 0.218. The first-order valence-corrected chi connectivity index (χ1v) is 7.16. The highest BCUT2D eigenvalue weighted by Crippen LogP contribution is 2.58. The van der Waals surface area contributed by atoms with E-state index in [1.54, 1.807) is 7.11 Å². The highest BCUT2D eigenvalue weighted by atomic mass is 16.8. The first-order chi connectivity index (χ1) is 8.64. The van der Waals surface area contributed by atoms with Crippen molar-refractivity contribution >= 4 is 0 Å². The van der Waals surface area contributed by atoms with Gasteiger partial charge in [-0.2, -0.15) is 0 Å². The number of methoxy groups -OCH3 is 1. The Kier molecular flexibility index (Phi) is 3.17. The molecule has 0 unspecified atom stereocenters. The number of aliphatic hydroxyl groups is 1. The van der Waals surface area contributed by atoms with Crippen molar-refractivity contribution in [3.8, 4) is 0 Å². The zero-order valence-corrected chi connectivity index (χ0v) is 11.4. The fourth-order valence-corrected chi connectivity index (χ4v) is 4.39. The van der Waals surface area contributed by atoms with E-state index >= 15 is 0 Å². The molecule has 1 spiro atoms. The molecule has 2 bridgehead atoms. The largest absolute Gasteiger partial charge is 0.396 e. The zero-order chi connectivity index (χ0) is 12.8. The van der Waals surface area contributed by atoms with Gasteiger partial charge in [-0.05, 0) is 44.4 Å². The van der Waals surface area contributed by atoms with Crippen LogP contribution in [0.2, 0.25) is 0 Å². The highest BCUT2D eigenvalue weighted by Gasteiger charge is 2.66. The number of aliphatic hydroxyl groups excluding tert-OH is 1. The van der Waals surface area contributed by atoms with Crippen molar-refractivity contribution in [3.05, 3.63) is 0 Å². The van der Waals surface area contributed by atoms with Gasteiger partial charge < -0.3 is 19.3 Å². The molecule has 1 N–H and O–H groups in total. The van der Waals surface area contributed by atoms with Gasteiger partial charge in [-0.1, -0.05) is 6.42 Å². The lowest BCUT2D eigenvalue weighted by Crippen LogP contribution is -2.57. The topological polar surface area (TPSA) is 47.9 Å². The third-order valence-electron chi connectivity index (χ3n) is 5.14. The smallest absolute Gasteiger partial charge is 0.190 e. The lowest BCUT2D eigenvalue weighted by Gasteiger charge is -2.50. The molecule has 2 saturated heterocycles. The third-order valence-corrected chi connectivity index (χ3v) is 5.14. The van der Waals surface area contributed by atoms with E-state index in [1.807, 2.05) is 6.92 Å². The van der Waals surface area contributed by atoms with Crippen LogP contribution in [0.3, 0.4) is 0 Å². The number of hydrogen-bond acceptors (Lipinski definition) is 4. The van der Waals surface area contributed by atoms with Crippen LogP contribution in [0.15, 0.2) is 0 Å². The predicted molar refractivity (Wildman–Crippen MR) is 65.9 cm³/mol. The van der Waals surface area contributed by atoms with Crippen LogP contribution in [0.1, 0.15) is 45.4 Å². The van der Waals surface area contributed by atoms with Gasteiger partial charge in [-0.15, -0.1) is 0 Å². The summed E-state index contributed by atoms with van der Waals surface area (Å²) in [7, 11) is 1.70. The molecule has 5 atom stereocenters. The summed E-state index contributed by atoms with van der Waals surface area (Å²) < 4.78 is 18.0. The zero-order valence-electron chi connectivity index (χ0n) is 11.4. The number of rotatable bonds is 3. The van der Waals surface area contributed by atoms with Gasteiger partial charge in [0.2, 0.25) is 0 Å². The predicted octanol–water partition coefficient (Wildman–Crippen LogP) is 2.05. The van der Waals surface area contributed by atoms with Crippen LogP contribution in [0.5, 0.6) is 0 Å². The normalized spacial score (nSPS) is 51.2. The lowest BCUT2D eigenvalue weighted by atomic mass is 9.64. The number of ether oxygens (including phenoxy) is 3. The van der Waals surface area contributed by atoms with E-state index in [0.29, 0.717) is 11.8 Å². The van der Waals surface area contributed by atoms with E-state index in [2.05, 4.69) is 0 Å². The van der Waals surface area contributed by atoms with Crippen molar-refractivity contribution in [2.45, 2.75) is 63.1 Å². The Morgan fingerprint density at radius 3 is 2.89 bits per heavy atom. The molecule has 0 radical (unpaired) electrons.